The molecule has 0 amide bonds. The minimum atomic E-state index is -1.05. The highest BCUT2D eigenvalue weighted by Crippen LogP contribution is 2.13. The highest BCUT2D eigenvalue weighted by molar-refractivity contribution is 5.95. The summed E-state index contributed by atoms with van der Waals surface area (Å²) in [6.45, 7) is 2.99. The standard InChI is InChI=1S/C12H12O6/c1-3-16-12(15)18-11(14)9-4-6-10(7-5-9)17-8(2)13/h4-7H,3H2,1-2H3. The molecule has 0 N–H and O–H groups in total. The van der Waals surface area contributed by atoms with Crippen molar-refractivity contribution in [1.82, 2.24) is 0 Å². The summed E-state index contributed by atoms with van der Waals surface area (Å²) in [7, 11) is 0. The van der Waals surface area contributed by atoms with Crippen LogP contribution in [0.3, 0.4) is 0 Å². The SMILES string of the molecule is CCOC(=O)OC(=O)c1ccc(OC(C)=O)cc1. The zero-order valence-corrected chi connectivity index (χ0v) is 9.97. The first-order chi connectivity index (χ1) is 8.52. The maximum absolute atomic E-state index is 11.4. The van der Waals surface area contributed by atoms with Crippen LogP contribution in [0.4, 0.5) is 4.79 Å². The molecular weight excluding hydrogens is 240 g/mol. The number of carbonyl (C=O) groups is 3. The molecule has 1 rings (SSSR count). The van der Waals surface area contributed by atoms with Gasteiger partial charge in [0, 0.05) is 6.92 Å². The number of benzene rings is 1. The van der Waals surface area contributed by atoms with Crippen LogP contribution < -0.4 is 4.74 Å². The van der Waals surface area contributed by atoms with Crippen LogP contribution in [-0.2, 0) is 14.3 Å². The zero-order valence-electron chi connectivity index (χ0n) is 9.97. The van der Waals surface area contributed by atoms with Crippen LogP contribution in [0.15, 0.2) is 24.3 Å². The Kier molecular flexibility index (Phi) is 4.86. The van der Waals surface area contributed by atoms with Crippen molar-refractivity contribution in [3.63, 3.8) is 0 Å². The Hall–Kier alpha value is -2.37. The quantitative estimate of drug-likeness (QED) is 0.464. The fourth-order valence-electron chi connectivity index (χ4n) is 1.11. The van der Waals surface area contributed by atoms with E-state index in [2.05, 4.69) is 9.47 Å². The van der Waals surface area contributed by atoms with Crippen LogP contribution in [0.25, 0.3) is 0 Å². The predicted octanol–water partition coefficient (Wildman–Crippen LogP) is 1.93. The molecule has 1 aromatic rings. The molecule has 0 heterocycles. The predicted molar refractivity (Wildman–Crippen MR) is 60.2 cm³/mol. The largest absolute Gasteiger partial charge is 0.516 e. The number of rotatable bonds is 3. The van der Waals surface area contributed by atoms with Crippen molar-refractivity contribution in [1.29, 1.82) is 0 Å². The van der Waals surface area contributed by atoms with E-state index in [0.29, 0.717) is 5.75 Å². The van der Waals surface area contributed by atoms with Crippen molar-refractivity contribution >= 4 is 18.1 Å². The van der Waals surface area contributed by atoms with Gasteiger partial charge in [0.1, 0.15) is 5.75 Å². The summed E-state index contributed by atoms with van der Waals surface area (Å²) in [6.07, 6.45) is -1.05. The minimum Gasteiger partial charge on any atom is -0.434 e. The van der Waals surface area contributed by atoms with Crippen LogP contribution in [0.5, 0.6) is 5.75 Å². The zero-order chi connectivity index (χ0) is 13.5. The van der Waals surface area contributed by atoms with Crippen molar-refractivity contribution in [3.05, 3.63) is 29.8 Å². The van der Waals surface area contributed by atoms with Crippen LogP contribution in [-0.4, -0.2) is 24.7 Å². The van der Waals surface area contributed by atoms with Crippen LogP contribution >= 0.6 is 0 Å². The van der Waals surface area contributed by atoms with Crippen molar-refractivity contribution in [3.8, 4) is 5.75 Å². The number of ether oxygens (including phenoxy) is 3. The summed E-state index contributed by atoms with van der Waals surface area (Å²) in [5, 5.41) is 0. The first kappa shape index (κ1) is 13.7. The number of hydrogen-bond acceptors (Lipinski definition) is 6. The van der Waals surface area contributed by atoms with Crippen molar-refractivity contribution in [2.75, 3.05) is 6.61 Å². The lowest BCUT2D eigenvalue weighted by atomic mass is 10.2. The third kappa shape index (κ3) is 4.25. The summed E-state index contributed by atoms with van der Waals surface area (Å²) in [4.78, 5) is 33.0. The van der Waals surface area contributed by atoms with Crippen LogP contribution in [0.2, 0.25) is 0 Å². The molecule has 6 nitrogen and oxygen atoms in total. The van der Waals surface area contributed by atoms with E-state index < -0.39 is 18.1 Å². The molecule has 0 saturated carbocycles. The van der Waals surface area contributed by atoms with E-state index >= 15 is 0 Å². The highest BCUT2D eigenvalue weighted by atomic mass is 16.7. The second kappa shape index (κ2) is 6.39. The van der Waals surface area contributed by atoms with Crippen molar-refractivity contribution in [2.45, 2.75) is 13.8 Å². The molecule has 0 spiro atoms. The number of esters is 2. The van der Waals surface area contributed by atoms with Gasteiger partial charge in [-0.05, 0) is 31.2 Å². The Morgan fingerprint density at radius 3 is 2.22 bits per heavy atom. The van der Waals surface area contributed by atoms with E-state index in [1.54, 1.807) is 6.92 Å². The molecule has 0 aliphatic heterocycles. The fraction of sp³-hybridized carbons (Fsp3) is 0.250. The molecule has 6 heteroatoms. The third-order valence-corrected chi connectivity index (χ3v) is 1.79. The molecular formula is C12H12O6. The molecule has 0 aliphatic rings. The molecule has 96 valence electrons. The Bertz CT molecular complexity index is 448. The molecule has 0 saturated heterocycles. The number of carbonyl (C=O) groups excluding carboxylic acids is 3. The summed E-state index contributed by atoms with van der Waals surface area (Å²) in [6, 6.07) is 5.59. The average molecular weight is 252 g/mol. The van der Waals surface area contributed by atoms with Crippen LogP contribution in [0.1, 0.15) is 24.2 Å². The molecule has 0 unspecified atom stereocenters. The summed E-state index contributed by atoms with van der Waals surface area (Å²) >= 11 is 0. The minimum absolute atomic E-state index is 0.123. The second-order valence-electron chi connectivity index (χ2n) is 3.19. The summed E-state index contributed by atoms with van der Waals surface area (Å²) < 4.78 is 13.6. The second-order valence-corrected chi connectivity index (χ2v) is 3.19. The normalized spacial score (nSPS) is 9.44. The maximum atomic E-state index is 11.4. The van der Waals surface area contributed by atoms with Gasteiger partial charge >= 0.3 is 18.1 Å². The van der Waals surface area contributed by atoms with E-state index in [9.17, 15) is 14.4 Å². The monoisotopic (exact) mass is 252 g/mol. The van der Waals surface area contributed by atoms with Gasteiger partial charge in [-0.1, -0.05) is 0 Å². The molecule has 0 bridgehead atoms. The molecule has 1 aromatic carbocycles. The molecule has 0 aromatic heterocycles. The highest BCUT2D eigenvalue weighted by Gasteiger charge is 2.13. The molecule has 0 aliphatic carbocycles. The van der Waals surface area contributed by atoms with Gasteiger partial charge in [0.25, 0.3) is 0 Å². The topological polar surface area (TPSA) is 78.9 Å². The van der Waals surface area contributed by atoms with Gasteiger partial charge < -0.3 is 14.2 Å². The lowest BCUT2D eigenvalue weighted by Crippen LogP contribution is -2.13. The summed E-state index contributed by atoms with van der Waals surface area (Å²) in [5.41, 5.74) is 0.152. The lowest BCUT2D eigenvalue weighted by Gasteiger charge is -2.04. The van der Waals surface area contributed by atoms with Crippen molar-refractivity contribution < 1.29 is 28.6 Å². The smallest absolute Gasteiger partial charge is 0.434 e. The van der Waals surface area contributed by atoms with Gasteiger partial charge in [-0.3, -0.25) is 4.79 Å². The fourth-order valence-corrected chi connectivity index (χ4v) is 1.11. The van der Waals surface area contributed by atoms with Crippen LogP contribution in [0, 0.1) is 0 Å². The molecule has 0 atom stereocenters. The Balaban J connectivity index is 2.64. The van der Waals surface area contributed by atoms with E-state index in [4.69, 9.17) is 4.74 Å². The Morgan fingerprint density at radius 2 is 1.72 bits per heavy atom. The van der Waals surface area contributed by atoms with E-state index in [-0.39, 0.29) is 12.2 Å². The molecule has 0 radical (unpaired) electrons. The molecule has 18 heavy (non-hydrogen) atoms. The van der Waals surface area contributed by atoms with E-state index in [1.807, 2.05) is 0 Å². The van der Waals surface area contributed by atoms with E-state index in [1.165, 1.54) is 31.2 Å². The van der Waals surface area contributed by atoms with Gasteiger partial charge in [0.05, 0.1) is 12.2 Å². The first-order valence-electron chi connectivity index (χ1n) is 5.20. The average Bonchev–Trinajstić information content (AvgIpc) is 2.29. The Labute approximate surface area is 103 Å². The van der Waals surface area contributed by atoms with Gasteiger partial charge in [-0.15, -0.1) is 0 Å². The third-order valence-electron chi connectivity index (χ3n) is 1.79. The summed E-state index contributed by atoms with van der Waals surface area (Å²) in [5.74, 6) is -0.991. The van der Waals surface area contributed by atoms with Gasteiger partial charge in [-0.2, -0.15) is 0 Å². The van der Waals surface area contributed by atoms with Crippen molar-refractivity contribution in [2.24, 2.45) is 0 Å². The number of hydrogen-bond donors (Lipinski definition) is 0. The van der Waals surface area contributed by atoms with Gasteiger partial charge in [0.2, 0.25) is 0 Å². The molecule has 0 fully saturated rings. The van der Waals surface area contributed by atoms with E-state index in [0.717, 1.165) is 0 Å². The maximum Gasteiger partial charge on any atom is 0.516 e. The first-order valence-corrected chi connectivity index (χ1v) is 5.20. The lowest BCUT2D eigenvalue weighted by molar-refractivity contribution is -0.131. The van der Waals surface area contributed by atoms with Gasteiger partial charge in [-0.25, -0.2) is 9.59 Å². The van der Waals surface area contributed by atoms with Gasteiger partial charge in [0.15, 0.2) is 0 Å². The Morgan fingerprint density at radius 1 is 1.11 bits per heavy atom.